The molecule has 2 rings (SSSR count). The van der Waals surface area contributed by atoms with Crippen LogP contribution in [0, 0.1) is 6.92 Å². The van der Waals surface area contributed by atoms with Crippen molar-refractivity contribution in [2.24, 2.45) is 0 Å². The van der Waals surface area contributed by atoms with Crippen LogP contribution in [0.4, 0.5) is 0 Å². The number of sulfonamides is 1. The van der Waals surface area contributed by atoms with E-state index in [9.17, 15) is 13.2 Å². The predicted molar refractivity (Wildman–Crippen MR) is 95.9 cm³/mol. The molecule has 0 aliphatic heterocycles. The van der Waals surface area contributed by atoms with Crippen molar-refractivity contribution in [2.45, 2.75) is 32.1 Å². The smallest absolute Gasteiger partial charge is 0.251 e. The first-order chi connectivity index (χ1) is 11.9. The van der Waals surface area contributed by atoms with Crippen LogP contribution in [-0.2, 0) is 16.4 Å². The predicted octanol–water partition coefficient (Wildman–Crippen LogP) is 1.72. The van der Waals surface area contributed by atoms with Crippen molar-refractivity contribution in [3.05, 3.63) is 47.5 Å². The molecule has 0 atom stereocenters. The Morgan fingerprint density at radius 2 is 1.84 bits per heavy atom. The molecular weight excluding hydrogens is 340 g/mol. The number of hydrogen-bond donors (Lipinski definition) is 2. The Hall–Kier alpha value is -2.19. The fourth-order valence-corrected chi connectivity index (χ4v) is 3.96. The number of aromatic amines is 1. The number of aryl methyl sites for hydroxylation is 1. The average molecular weight is 364 g/mol. The molecule has 0 bridgehead atoms. The van der Waals surface area contributed by atoms with Gasteiger partial charge in [0, 0.05) is 43.5 Å². The molecule has 8 heteroatoms. The summed E-state index contributed by atoms with van der Waals surface area (Å²) >= 11 is 0. The molecule has 0 fully saturated rings. The Morgan fingerprint density at radius 1 is 1.20 bits per heavy atom. The first-order valence-electron chi connectivity index (χ1n) is 8.27. The van der Waals surface area contributed by atoms with E-state index in [1.807, 2.05) is 6.92 Å². The maximum absolute atomic E-state index is 12.4. The average Bonchev–Trinajstić information content (AvgIpc) is 3.01. The number of benzene rings is 1. The lowest BCUT2D eigenvalue weighted by atomic mass is 10.2. The molecular formula is C17H24N4O3S. The Balaban J connectivity index is 1.98. The highest BCUT2D eigenvalue weighted by Gasteiger charge is 2.21. The molecule has 7 nitrogen and oxygen atoms in total. The van der Waals surface area contributed by atoms with Crippen LogP contribution in [0.1, 0.15) is 35.7 Å². The molecule has 0 unspecified atom stereocenters. The van der Waals surface area contributed by atoms with Crippen LogP contribution in [0.15, 0.2) is 35.4 Å². The molecule has 0 aliphatic carbocycles. The number of imidazole rings is 1. The highest BCUT2D eigenvalue weighted by Crippen LogP contribution is 2.16. The molecule has 1 aromatic carbocycles. The first-order valence-corrected chi connectivity index (χ1v) is 9.71. The van der Waals surface area contributed by atoms with E-state index >= 15 is 0 Å². The van der Waals surface area contributed by atoms with Gasteiger partial charge in [0.2, 0.25) is 10.0 Å². The van der Waals surface area contributed by atoms with Crippen LogP contribution in [0.3, 0.4) is 0 Å². The Kier molecular flexibility index (Phi) is 6.33. The molecule has 0 spiro atoms. The third-order valence-corrected chi connectivity index (χ3v) is 5.96. The van der Waals surface area contributed by atoms with E-state index in [1.54, 1.807) is 20.0 Å². The van der Waals surface area contributed by atoms with Gasteiger partial charge in [0.1, 0.15) is 5.82 Å². The maximum atomic E-state index is 12.4. The lowest BCUT2D eigenvalue weighted by Gasteiger charge is -2.18. The number of rotatable bonds is 8. The molecule has 2 N–H and O–H groups in total. The summed E-state index contributed by atoms with van der Waals surface area (Å²) in [4.78, 5) is 19.6. The van der Waals surface area contributed by atoms with E-state index in [2.05, 4.69) is 15.3 Å². The van der Waals surface area contributed by atoms with Gasteiger partial charge >= 0.3 is 0 Å². The van der Waals surface area contributed by atoms with E-state index in [1.165, 1.54) is 28.6 Å². The van der Waals surface area contributed by atoms with Crippen molar-refractivity contribution >= 4 is 15.9 Å². The number of carbonyl (C=O) groups is 1. The fraction of sp³-hybridized carbons (Fsp3) is 0.412. The highest BCUT2D eigenvalue weighted by molar-refractivity contribution is 7.89. The minimum Gasteiger partial charge on any atom is -0.352 e. The topological polar surface area (TPSA) is 95.2 Å². The molecule has 2 aromatic rings. The molecule has 0 radical (unpaired) electrons. The van der Waals surface area contributed by atoms with Gasteiger partial charge in [0.25, 0.3) is 5.91 Å². The van der Waals surface area contributed by atoms with Gasteiger partial charge in [-0.15, -0.1) is 0 Å². The van der Waals surface area contributed by atoms with Crippen molar-refractivity contribution in [3.8, 4) is 0 Å². The van der Waals surface area contributed by atoms with E-state index in [0.717, 1.165) is 11.5 Å². The number of H-pyrrole nitrogens is 1. The van der Waals surface area contributed by atoms with Crippen LogP contribution in [0.5, 0.6) is 0 Å². The van der Waals surface area contributed by atoms with Crippen molar-refractivity contribution in [1.29, 1.82) is 0 Å². The van der Waals surface area contributed by atoms with Gasteiger partial charge in [-0.2, -0.15) is 4.31 Å². The maximum Gasteiger partial charge on any atom is 0.251 e. The molecule has 25 heavy (non-hydrogen) atoms. The zero-order valence-corrected chi connectivity index (χ0v) is 15.6. The van der Waals surface area contributed by atoms with Crippen molar-refractivity contribution in [2.75, 3.05) is 19.6 Å². The molecule has 1 heterocycles. The van der Waals surface area contributed by atoms with Gasteiger partial charge in [-0.25, -0.2) is 13.4 Å². The van der Waals surface area contributed by atoms with Crippen LogP contribution in [-0.4, -0.2) is 48.2 Å². The third kappa shape index (κ3) is 4.67. The molecule has 0 saturated heterocycles. The monoisotopic (exact) mass is 364 g/mol. The third-order valence-electron chi connectivity index (χ3n) is 3.90. The quantitative estimate of drug-likeness (QED) is 0.745. The van der Waals surface area contributed by atoms with Crippen LogP contribution >= 0.6 is 0 Å². The van der Waals surface area contributed by atoms with Crippen molar-refractivity contribution < 1.29 is 13.2 Å². The second kappa shape index (κ2) is 8.26. The number of nitrogens with one attached hydrogen (secondary N) is 2. The van der Waals surface area contributed by atoms with Crippen LogP contribution < -0.4 is 5.32 Å². The van der Waals surface area contributed by atoms with Gasteiger partial charge in [-0.3, -0.25) is 4.79 Å². The molecule has 0 saturated carbocycles. The van der Waals surface area contributed by atoms with Gasteiger partial charge in [-0.1, -0.05) is 13.8 Å². The Morgan fingerprint density at radius 3 is 2.36 bits per heavy atom. The number of carbonyl (C=O) groups excluding carboxylic acids is 1. The summed E-state index contributed by atoms with van der Waals surface area (Å²) in [6.07, 6.45) is 2.40. The summed E-state index contributed by atoms with van der Waals surface area (Å²) in [6, 6.07) is 6.01. The summed E-state index contributed by atoms with van der Waals surface area (Å²) in [6.45, 7) is 6.76. The minimum atomic E-state index is -3.50. The van der Waals surface area contributed by atoms with Gasteiger partial charge in [-0.05, 0) is 31.2 Å². The van der Waals surface area contributed by atoms with Crippen LogP contribution in [0.2, 0.25) is 0 Å². The minimum absolute atomic E-state index is 0.195. The number of amides is 1. The standard InChI is InChI=1S/C17H24N4O3S/c1-4-21(5-2)25(23,24)16-8-6-14(7-9-16)17(22)18-11-10-15-12-19-13(3)20-15/h6-9,12H,4-5,10-11H2,1-3H3,(H,18,22)(H,19,20). The number of hydrogen-bond acceptors (Lipinski definition) is 4. The largest absolute Gasteiger partial charge is 0.352 e. The summed E-state index contributed by atoms with van der Waals surface area (Å²) in [5, 5.41) is 2.81. The second-order valence-corrected chi connectivity index (χ2v) is 7.55. The first kappa shape index (κ1) is 19.1. The molecule has 1 amide bonds. The summed E-state index contributed by atoms with van der Waals surface area (Å²) in [5.41, 5.74) is 1.39. The zero-order chi connectivity index (χ0) is 18.4. The van der Waals surface area contributed by atoms with Gasteiger partial charge < -0.3 is 10.3 Å². The normalized spacial score (nSPS) is 11.7. The number of nitrogens with zero attached hydrogens (tertiary/aromatic N) is 2. The van der Waals surface area contributed by atoms with E-state index in [0.29, 0.717) is 31.6 Å². The van der Waals surface area contributed by atoms with Crippen molar-refractivity contribution in [1.82, 2.24) is 19.6 Å². The molecule has 1 aromatic heterocycles. The Bertz CT molecular complexity index is 809. The van der Waals surface area contributed by atoms with Gasteiger partial charge in [0.05, 0.1) is 4.90 Å². The SMILES string of the molecule is CCN(CC)S(=O)(=O)c1ccc(C(=O)NCCc2cnc(C)[nH]2)cc1. The van der Waals surface area contributed by atoms with Crippen LogP contribution in [0.25, 0.3) is 0 Å². The summed E-state index contributed by atoms with van der Waals surface area (Å²) < 4.78 is 26.2. The highest BCUT2D eigenvalue weighted by atomic mass is 32.2. The fourth-order valence-electron chi connectivity index (χ4n) is 2.50. The van der Waals surface area contributed by atoms with E-state index in [4.69, 9.17) is 0 Å². The van der Waals surface area contributed by atoms with E-state index < -0.39 is 10.0 Å². The Labute approximate surface area is 148 Å². The van der Waals surface area contributed by atoms with E-state index in [-0.39, 0.29) is 10.8 Å². The lowest BCUT2D eigenvalue weighted by Crippen LogP contribution is -2.30. The molecule has 136 valence electrons. The second-order valence-electron chi connectivity index (χ2n) is 5.61. The van der Waals surface area contributed by atoms with Gasteiger partial charge in [0.15, 0.2) is 0 Å². The zero-order valence-electron chi connectivity index (χ0n) is 14.7. The van der Waals surface area contributed by atoms with Crippen molar-refractivity contribution in [3.63, 3.8) is 0 Å². The molecule has 0 aliphatic rings. The number of aromatic nitrogens is 2. The summed E-state index contributed by atoms with van der Waals surface area (Å²) in [5.74, 6) is 0.606. The lowest BCUT2D eigenvalue weighted by molar-refractivity contribution is 0.0954. The summed E-state index contributed by atoms with van der Waals surface area (Å²) in [7, 11) is -3.50.